The topological polar surface area (TPSA) is 151 Å². The van der Waals surface area contributed by atoms with Crippen LogP contribution in [0.25, 0.3) is 22.1 Å². The number of amidine groups is 1. The highest BCUT2D eigenvalue weighted by Crippen LogP contribution is 2.28. The molecule has 5 N–H and O–H groups in total. The number of nitrogen functional groups attached to an aromatic ring is 1. The Morgan fingerprint density at radius 2 is 1.86 bits per heavy atom. The summed E-state index contributed by atoms with van der Waals surface area (Å²) in [5.41, 5.74) is 8.79. The smallest absolute Gasteiger partial charge is 0.175 e. The Morgan fingerprint density at radius 3 is 2.54 bits per heavy atom. The van der Waals surface area contributed by atoms with Crippen molar-refractivity contribution in [1.82, 2.24) is 19.9 Å². The van der Waals surface area contributed by atoms with Crippen LogP contribution in [-0.2, 0) is 16.3 Å². The highest BCUT2D eigenvalue weighted by atomic mass is 32.2. The van der Waals surface area contributed by atoms with Crippen molar-refractivity contribution in [3.05, 3.63) is 47.5 Å². The number of nitrogens with zero attached hydrogens (tertiary/aromatic N) is 2. The average molecular weight is 398 g/mol. The molecular formula is C18H18N6O3S. The third-order valence-corrected chi connectivity index (χ3v) is 5.49. The number of nitrogens with one attached hydrogen (secondary N) is 3. The van der Waals surface area contributed by atoms with Crippen LogP contribution in [0.5, 0.6) is 5.75 Å². The number of rotatable bonds is 5. The van der Waals surface area contributed by atoms with Gasteiger partial charge in [0.1, 0.15) is 28.8 Å². The summed E-state index contributed by atoms with van der Waals surface area (Å²) in [6.07, 6.45) is 1.53. The molecule has 4 aromatic rings. The highest BCUT2D eigenvalue weighted by molar-refractivity contribution is 7.90. The summed E-state index contributed by atoms with van der Waals surface area (Å²) in [5, 5.41) is 7.53. The molecule has 0 saturated heterocycles. The first-order valence-corrected chi connectivity index (χ1v) is 10.2. The lowest BCUT2D eigenvalue weighted by molar-refractivity contribution is 0.417. The van der Waals surface area contributed by atoms with Crippen molar-refractivity contribution in [2.45, 2.75) is 11.3 Å². The first-order chi connectivity index (χ1) is 13.2. The molecule has 2 heterocycles. The maximum Gasteiger partial charge on any atom is 0.175 e. The molecule has 0 radical (unpaired) electrons. The molecule has 0 fully saturated rings. The fourth-order valence-electron chi connectivity index (χ4n) is 3.03. The summed E-state index contributed by atoms with van der Waals surface area (Å²) in [6.45, 7) is 0. The molecule has 2 aromatic carbocycles. The Bertz CT molecular complexity index is 1340. The van der Waals surface area contributed by atoms with Gasteiger partial charge in [0.25, 0.3) is 0 Å². The summed E-state index contributed by atoms with van der Waals surface area (Å²) in [4.78, 5) is 15.6. The molecule has 0 spiro atoms. The molecule has 0 bridgehead atoms. The van der Waals surface area contributed by atoms with Crippen molar-refractivity contribution < 1.29 is 13.2 Å². The van der Waals surface area contributed by atoms with Crippen LogP contribution in [0.3, 0.4) is 0 Å². The van der Waals surface area contributed by atoms with Crippen molar-refractivity contribution in [2.24, 2.45) is 5.73 Å². The normalized spacial score (nSPS) is 11.9. The summed E-state index contributed by atoms with van der Waals surface area (Å²) >= 11 is 0. The van der Waals surface area contributed by atoms with E-state index in [9.17, 15) is 8.42 Å². The number of benzene rings is 2. The quantitative estimate of drug-likeness (QED) is 0.297. The van der Waals surface area contributed by atoms with Gasteiger partial charge >= 0.3 is 0 Å². The molecule has 4 rings (SSSR count). The fourth-order valence-corrected chi connectivity index (χ4v) is 3.69. The Labute approximate surface area is 160 Å². The molecule has 0 aliphatic carbocycles. The molecule has 0 amide bonds. The lowest BCUT2D eigenvalue weighted by Crippen LogP contribution is -2.10. The second kappa shape index (κ2) is 6.34. The molecule has 2 aromatic heterocycles. The predicted octanol–water partition coefficient (Wildman–Crippen LogP) is 1.73. The van der Waals surface area contributed by atoms with Gasteiger partial charge in [-0.3, -0.25) is 5.41 Å². The number of hydrogen-bond donors (Lipinski definition) is 4. The van der Waals surface area contributed by atoms with Gasteiger partial charge in [-0.15, -0.1) is 0 Å². The van der Waals surface area contributed by atoms with E-state index in [-0.39, 0.29) is 10.7 Å². The zero-order valence-corrected chi connectivity index (χ0v) is 16.0. The summed E-state index contributed by atoms with van der Waals surface area (Å²) in [6, 6.07) is 8.33. The number of sulfone groups is 1. The molecule has 144 valence electrons. The maximum atomic E-state index is 11.9. The van der Waals surface area contributed by atoms with Gasteiger partial charge in [-0.1, -0.05) is 0 Å². The van der Waals surface area contributed by atoms with Crippen molar-refractivity contribution in [3.63, 3.8) is 0 Å². The lowest BCUT2D eigenvalue weighted by atomic mass is 10.2. The van der Waals surface area contributed by atoms with E-state index >= 15 is 0 Å². The molecule has 0 aliphatic heterocycles. The molecule has 0 unspecified atom stereocenters. The minimum Gasteiger partial charge on any atom is -0.494 e. The zero-order valence-electron chi connectivity index (χ0n) is 15.2. The van der Waals surface area contributed by atoms with Gasteiger partial charge in [-0.2, -0.15) is 0 Å². The summed E-state index contributed by atoms with van der Waals surface area (Å²) in [7, 11) is -1.91. The van der Waals surface area contributed by atoms with Crippen LogP contribution >= 0.6 is 0 Å². The Kier molecular flexibility index (Phi) is 4.07. The Morgan fingerprint density at radius 1 is 1.14 bits per heavy atom. The van der Waals surface area contributed by atoms with Gasteiger partial charge < -0.3 is 20.4 Å². The van der Waals surface area contributed by atoms with Gasteiger partial charge in [-0.05, 0) is 24.3 Å². The fraction of sp³-hybridized carbons (Fsp3) is 0.167. The third kappa shape index (κ3) is 3.18. The van der Waals surface area contributed by atoms with Crippen molar-refractivity contribution in [3.8, 4) is 5.75 Å². The van der Waals surface area contributed by atoms with Crippen LogP contribution in [-0.4, -0.2) is 47.6 Å². The second-order valence-electron chi connectivity index (χ2n) is 6.48. The molecule has 28 heavy (non-hydrogen) atoms. The lowest BCUT2D eigenvalue weighted by Gasteiger charge is -2.03. The minimum atomic E-state index is -3.38. The van der Waals surface area contributed by atoms with Gasteiger partial charge in [0.2, 0.25) is 0 Å². The number of ether oxygens (including phenoxy) is 1. The number of H-pyrrole nitrogens is 2. The highest BCUT2D eigenvalue weighted by Gasteiger charge is 2.16. The number of nitrogens with two attached hydrogens (primary N) is 1. The van der Waals surface area contributed by atoms with Crippen LogP contribution in [0.1, 0.15) is 17.2 Å². The number of fused-ring (bicyclic) bond motifs is 2. The molecule has 0 saturated carbocycles. The van der Waals surface area contributed by atoms with Gasteiger partial charge in [0.15, 0.2) is 9.84 Å². The predicted molar refractivity (Wildman–Crippen MR) is 106 cm³/mol. The van der Waals surface area contributed by atoms with E-state index < -0.39 is 9.84 Å². The number of hydrogen-bond acceptors (Lipinski definition) is 6. The molecule has 0 atom stereocenters. The third-order valence-electron chi connectivity index (χ3n) is 4.40. The molecule has 10 heteroatoms. The van der Waals surface area contributed by atoms with E-state index in [1.165, 1.54) is 13.2 Å². The Balaban J connectivity index is 1.73. The molecule has 0 aliphatic rings. The first-order valence-electron chi connectivity index (χ1n) is 8.34. The van der Waals surface area contributed by atoms with Crippen molar-refractivity contribution in [2.75, 3.05) is 13.4 Å². The number of aromatic amines is 2. The monoisotopic (exact) mass is 398 g/mol. The largest absolute Gasteiger partial charge is 0.494 e. The second-order valence-corrected chi connectivity index (χ2v) is 8.50. The number of imidazole rings is 2. The molecular weight excluding hydrogens is 380 g/mol. The molecule has 9 nitrogen and oxygen atoms in total. The summed E-state index contributed by atoms with van der Waals surface area (Å²) < 4.78 is 29.1. The minimum absolute atomic E-state index is 0.0162. The van der Waals surface area contributed by atoms with Gasteiger partial charge in [0, 0.05) is 17.9 Å². The van der Waals surface area contributed by atoms with E-state index in [4.69, 9.17) is 15.9 Å². The van der Waals surface area contributed by atoms with Crippen LogP contribution < -0.4 is 10.5 Å². The zero-order chi connectivity index (χ0) is 20.1. The van der Waals surface area contributed by atoms with E-state index in [0.717, 1.165) is 11.8 Å². The van der Waals surface area contributed by atoms with E-state index in [1.807, 2.05) is 6.07 Å². The van der Waals surface area contributed by atoms with Crippen molar-refractivity contribution in [1.29, 1.82) is 5.41 Å². The first kappa shape index (κ1) is 18.0. The van der Waals surface area contributed by atoms with Gasteiger partial charge in [0.05, 0.1) is 35.0 Å². The van der Waals surface area contributed by atoms with Crippen molar-refractivity contribution >= 4 is 37.7 Å². The van der Waals surface area contributed by atoms with Crippen LogP contribution in [0.15, 0.2) is 35.2 Å². The number of methoxy groups -OCH3 is 1. The number of aromatic nitrogens is 4. The van der Waals surface area contributed by atoms with E-state index in [0.29, 0.717) is 45.9 Å². The summed E-state index contributed by atoms with van der Waals surface area (Å²) in [5.74, 6) is 1.66. The van der Waals surface area contributed by atoms with E-state index in [2.05, 4.69) is 19.9 Å². The average Bonchev–Trinajstić information content (AvgIpc) is 3.21. The standard InChI is InChI=1S/C18H18N6O3S/c1-27-14-7-10(28(2,25)26)6-13-17(14)24-16(23-13)8-15-21-11-4-3-9(18(19)20)5-12(11)22-15/h3-7H,8H2,1-2H3,(H3,19,20)(H,21,22)(H,23,24). The SMILES string of the molecule is COc1cc(S(C)(=O)=O)cc2[nH]c(Cc3nc4cc(C(=N)N)ccc4[nH]3)nc12. The maximum absolute atomic E-state index is 11.9. The van der Waals surface area contributed by atoms with Crippen LogP contribution in [0, 0.1) is 5.41 Å². The van der Waals surface area contributed by atoms with E-state index in [1.54, 1.807) is 18.2 Å². The van der Waals surface area contributed by atoms with Crippen LogP contribution in [0.2, 0.25) is 0 Å². The van der Waals surface area contributed by atoms with Gasteiger partial charge in [-0.25, -0.2) is 18.4 Å². The van der Waals surface area contributed by atoms with Crippen LogP contribution in [0.4, 0.5) is 0 Å². The Hall–Kier alpha value is -3.40.